The van der Waals surface area contributed by atoms with Gasteiger partial charge in [-0.25, -0.2) is 4.98 Å². The maximum absolute atomic E-state index is 12.7. The molecule has 1 saturated heterocycles. The molecular weight excluding hydrogens is 366 g/mol. The van der Waals surface area contributed by atoms with E-state index in [2.05, 4.69) is 15.2 Å². The Labute approximate surface area is 164 Å². The maximum Gasteiger partial charge on any atom is 0.263 e. The van der Waals surface area contributed by atoms with Crippen molar-refractivity contribution >= 4 is 23.3 Å². The molecule has 1 amide bonds. The lowest BCUT2D eigenvalue weighted by atomic mass is 10.1. The third-order valence-electron chi connectivity index (χ3n) is 4.35. The molecule has 6 nitrogen and oxygen atoms in total. The molecule has 0 unspecified atom stereocenters. The van der Waals surface area contributed by atoms with Gasteiger partial charge in [-0.1, -0.05) is 17.7 Å². The van der Waals surface area contributed by atoms with Gasteiger partial charge in [0, 0.05) is 36.4 Å². The fourth-order valence-electron chi connectivity index (χ4n) is 2.86. The van der Waals surface area contributed by atoms with E-state index in [1.54, 1.807) is 44.3 Å². The Morgan fingerprint density at radius 1 is 1.26 bits per heavy atom. The number of carbonyl (C=O) groups excluding carboxylic acids is 1. The lowest BCUT2D eigenvalue weighted by Crippen LogP contribution is -2.46. The molecule has 0 atom stereocenters. The van der Waals surface area contributed by atoms with E-state index in [0.29, 0.717) is 30.5 Å². The summed E-state index contributed by atoms with van der Waals surface area (Å²) in [6, 6.07) is 10.8. The van der Waals surface area contributed by atoms with Crippen LogP contribution < -0.4 is 15.0 Å². The van der Waals surface area contributed by atoms with Crippen LogP contribution in [0.4, 0.5) is 5.82 Å². The van der Waals surface area contributed by atoms with E-state index in [4.69, 9.17) is 21.1 Å². The minimum Gasteiger partial charge on any atom is -0.478 e. The second kappa shape index (κ2) is 8.59. The van der Waals surface area contributed by atoms with Crippen LogP contribution in [0.1, 0.15) is 19.4 Å². The number of hydrogen-bond donors (Lipinski definition) is 1. The molecule has 144 valence electrons. The smallest absolute Gasteiger partial charge is 0.263 e. The minimum atomic E-state index is -1.02. The SMILES string of the molecule is CC(C)(Oc1ccc(Cl)cc1)C(=O)NCc1cccnc1N1CCOCC1. The summed E-state index contributed by atoms with van der Waals surface area (Å²) in [6.07, 6.45) is 1.77. The lowest BCUT2D eigenvalue weighted by molar-refractivity contribution is -0.134. The van der Waals surface area contributed by atoms with Gasteiger partial charge < -0.3 is 19.7 Å². The number of nitrogens with zero attached hydrogens (tertiary/aromatic N) is 2. The van der Waals surface area contributed by atoms with Crippen molar-refractivity contribution < 1.29 is 14.3 Å². The van der Waals surface area contributed by atoms with E-state index in [-0.39, 0.29) is 5.91 Å². The van der Waals surface area contributed by atoms with Crippen LogP contribution >= 0.6 is 11.6 Å². The van der Waals surface area contributed by atoms with Gasteiger partial charge >= 0.3 is 0 Å². The zero-order valence-electron chi connectivity index (χ0n) is 15.6. The van der Waals surface area contributed by atoms with E-state index >= 15 is 0 Å². The number of benzene rings is 1. The molecule has 3 rings (SSSR count). The Bertz CT molecular complexity index is 774. The summed E-state index contributed by atoms with van der Waals surface area (Å²) in [5.74, 6) is 1.28. The van der Waals surface area contributed by atoms with E-state index in [1.165, 1.54) is 0 Å². The van der Waals surface area contributed by atoms with Gasteiger partial charge in [-0.05, 0) is 44.2 Å². The quantitative estimate of drug-likeness (QED) is 0.822. The first-order valence-electron chi connectivity index (χ1n) is 8.95. The number of nitrogens with one attached hydrogen (secondary N) is 1. The largest absolute Gasteiger partial charge is 0.478 e. The van der Waals surface area contributed by atoms with Crippen LogP contribution in [0.25, 0.3) is 0 Å². The Morgan fingerprint density at radius 3 is 2.67 bits per heavy atom. The van der Waals surface area contributed by atoms with E-state index in [0.717, 1.165) is 24.5 Å². The number of hydrogen-bond acceptors (Lipinski definition) is 5. The van der Waals surface area contributed by atoms with Gasteiger partial charge in [-0.2, -0.15) is 0 Å². The first-order valence-corrected chi connectivity index (χ1v) is 9.33. The summed E-state index contributed by atoms with van der Waals surface area (Å²) in [4.78, 5) is 19.4. The molecule has 0 aliphatic carbocycles. The molecule has 2 heterocycles. The molecule has 27 heavy (non-hydrogen) atoms. The molecule has 0 bridgehead atoms. The fourth-order valence-corrected chi connectivity index (χ4v) is 2.99. The van der Waals surface area contributed by atoms with Crippen molar-refractivity contribution in [3.63, 3.8) is 0 Å². The normalized spacial score (nSPS) is 14.7. The topological polar surface area (TPSA) is 63.7 Å². The lowest BCUT2D eigenvalue weighted by Gasteiger charge is -2.30. The highest BCUT2D eigenvalue weighted by Gasteiger charge is 2.30. The summed E-state index contributed by atoms with van der Waals surface area (Å²) in [5, 5.41) is 3.58. The van der Waals surface area contributed by atoms with Crippen LogP contribution in [0.2, 0.25) is 5.02 Å². The monoisotopic (exact) mass is 389 g/mol. The Hall–Kier alpha value is -2.31. The number of anilines is 1. The number of morpholine rings is 1. The molecule has 1 fully saturated rings. The van der Waals surface area contributed by atoms with E-state index in [1.807, 2.05) is 12.1 Å². The van der Waals surface area contributed by atoms with Crippen molar-refractivity contribution in [3.8, 4) is 5.75 Å². The molecule has 1 aromatic carbocycles. The van der Waals surface area contributed by atoms with Crippen molar-refractivity contribution in [1.82, 2.24) is 10.3 Å². The highest BCUT2D eigenvalue weighted by Crippen LogP contribution is 2.22. The van der Waals surface area contributed by atoms with Crippen LogP contribution in [0.3, 0.4) is 0 Å². The highest BCUT2D eigenvalue weighted by atomic mass is 35.5. The standard InChI is InChI=1S/C20H24ClN3O3/c1-20(2,27-17-7-5-16(21)6-8-17)19(25)23-14-15-4-3-9-22-18(15)24-10-12-26-13-11-24/h3-9H,10-14H2,1-2H3,(H,23,25). The maximum atomic E-state index is 12.7. The van der Waals surface area contributed by atoms with E-state index < -0.39 is 5.60 Å². The Morgan fingerprint density at radius 2 is 1.96 bits per heavy atom. The van der Waals surface area contributed by atoms with Gasteiger partial charge in [0.15, 0.2) is 5.60 Å². The second-order valence-corrected chi connectivity index (χ2v) is 7.27. The number of amides is 1. The predicted octanol–water partition coefficient (Wildman–Crippen LogP) is 3.05. The van der Waals surface area contributed by atoms with Crippen molar-refractivity contribution in [2.24, 2.45) is 0 Å². The number of aromatic nitrogens is 1. The molecule has 1 N–H and O–H groups in total. The number of rotatable bonds is 6. The predicted molar refractivity (Wildman–Crippen MR) is 105 cm³/mol. The average molecular weight is 390 g/mol. The first-order chi connectivity index (χ1) is 13.0. The number of ether oxygens (including phenoxy) is 2. The number of carbonyl (C=O) groups is 1. The summed E-state index contributed by atoms with van der Waals surface area (Å²) in [5.41, 5.74) is -0.0511. The second-order valence-electron chi connectivity index (χ2n) is 6.83. The summed E-state index contributed by atoms with van der Waals surface area (Å²) >= 11 is 5.89. The first kappa shape index (κ1) is 19.5. The summed E-state index contributed by atoms with van der Waals surface area (Å²) in [7, 11) is 0. The van der Waals surface area contributed by atoms with Crippen molar-refractivity contribution in [2.75, 3.05) is 31.2 Å². The molecule has 0 saturated carbocycles. The Kier molecular flexibility index (Phi) is 6.19. The van der Waals surface area contributed by atoms with Gasteiger partial charge in [0.2, 0.25) is 0 Å². The fraction of sp³-hybridized carbons (Fsp3) is 0.400. The van der Waals surface area contributed by atoms with Gasteiger partial charge in [-0.3, -0.25) is 4.79 Å². The van der Waals surface area contributed by atoms with Crippen LogP contribution in [0, 0.1) is 0 Å². The van der Waals surface area contributed by atoms with Gasteiger partial charge in [0.1, 0.15) is 11.6 Å². The van der Waals surface area contributed by atoms with Crippen molar-refractivity contribution in [1.29, 1.82) is 0 Å². The number of pyridine rings is 1. The van der Waals surface area contributed by atoms with Crippen LogP contribution in [-0.4, -0.2) is 42.8 Å². The van der Waals surface area contributed by atoms with Gasteiger partial charge in [-0.15, -0.1) is 0 Å². The molecule has 0 spiro atoms. The molecule has 1 aliphatic rings. The Balaban J connectivity index is 1.63. The highest BCUT2D eigenvalue weighted by molar-refractivity contribution is 6.30. The van der Waals surface area contributed by atoms with Crippen molar-refractivity contribution in [2.45, 2.75) is 26.0 Å². The molecule has 0 radical (unpaired) electrons. The minimum absolute atomic E-state index is 0.200. The molecule has 7 heteroatoms. The van der Waals surface area contributed by atoms with Gasteiger partial charge in [0.05, 0.1) is 13.2 Å². The third-order valence-corrected chi connectivity index (χ3v) is 4.60. The van der Waals surface area contributed by atoms with Crippen LogP contribution in [-0.2, 0) is 16.1 Å². The van der Waals surface area contributed by atoms with Gasteiger partial charge in [0.25, 0.3) is 5.91 Å². The summed E-state index contributed by atoms with van der Waals surface area (Å²) < 4.78 is 11.2. The van der Waals surface area contributed by atoms with Crippen LogP contribution in [0.5, 0.6) is 5.75 Å². The number of halogens is 1. The summed E-state index contributed by atoms with van der Waals surface area (Å²) in [6.45, 7) is 6.82. The molecular formula is C20H24ClN3O3. The van der Waals surface area contributed by atoms with Crippen LogP contribution in [0.15, 0.2) is 42.6 Å². The average Bonchev–Trinajstić information content (AvgIpc) is 2.68. The zero-order chi connectivity index (χ0) is 19.3. The molecule has 1 aromatic heterocycles. The third kappa shape index (κ3) is 5.11. The zero-order valence-corrected chi connectivity index (χ0v) is 16.3. The molecule has 1 aliphatic heterocycles. The van der Waals surface area contributed by atoms with E-state index in [9.17, 15) is 4.79 Å². The van der Waals surface area contributed by atoms with Crippen molar-refractivity contribution in [3.05, 3.63) is 53.2 Å². The molecule has 2 aromatic rings.